The summed E-state index contributed by atoms with van der Waals surface area (Å²) >= 11 is 1.97. The maximum absolute atomic E-state index is 11.5. The molecule has 0 bridgehead atoms. The molecule has 1 aromatic heterocycles. The molecule has 72 valence electrons. The summed E-state index contributed by atoms with van der Waals surface area (Å²) in [6.07, 6.45) is 3.11. The van der Waals surface area contributed by atoms with E-state index in [1.165, 1.54) is 6.33 Å². The minimum atomic E-state index is -0.0144. The van der Waals surface area contributed by atoms with Crippen molar-refractivity contribution in [1.82, 2.24) is 9.55 Å². The number of methoxy groups -OCH3 is 1. The molecule has 4 nitrogen and oxygen atoms in total. The average molecular weight is 294 g/mol. The molecule has 0 fully saturated rings. The summed E-state index contributed by atoms with van der Waals surface area (Å²) in [6.45, 7) is 2.45. The van der Waals surface area contributed by atoms with E-state index < -0.39 is 0 Å². The summed E-state index contributed by atoms with van der Waals surface area (Å²) in [6, 6.07) is 0. The fourth-order valence-corrected chi connectivity index (χ4v) is 1.38. The van der Waals surface area contributed by atoms with Crippen molar-refractivity contribution in [2.45, 2.75) is 19.6 Å². The van der Waals surface area contributed by atoms with Crippen LogP contribution in [0.2, 0.25) is 0 Å². The van der Waals surface area contributed by atoms with Gasteiger partial charge in [-0.15, -0.1) is 0 Å². The summed E-state index contributed by atoms with van der Waals surface area (Å²) in [5, 5.41) is 0. The number of nitrogens with zero attached hydrogens (tertiary/aromatic N) is 2. The lowest BCUT2D eigenvalue weighted by atomic mass is 10.4. The molecule has 1 unspecified atom stereocenters. The van der Waals surface area contributed by atoms with Crippen LogP contribution in [-0.2, 0) is 11.3 Å². The van der Waals surface area contributed by atoms with Crippen molar-refractivity contribution < 1.29 is 4.74 Å². The van der Waals surface area contributed by atoms with Crippen LogP contribution in [0.15, 0.2) is 17.3 Å². The minimum Gasteiger partial charge on any atom is -0.380 e. The Balaban J connectivity index is 2.89. The zero-order chi connectivity index (χ0) is 9.84. The van der Waals surface area contributed by atoms with Crippen LogP contribution in [-0.4, -0.2) is 22.8 Å². The van der Waals surface area contributed by atoms with E-state index in [1.54, 1.807) is 17.9 Å². The first-order chi connectivity index (χ1) is 6.15. The van der Waals surface area contributed by atoms with Crippen molar-refractivity contribution in [2.24, 2.45) is 0 Å². The Morgan fingerprint density at radius 2 is 2.46 bits per heavy atom. The summed E-state index contributed by atoms with van der Waals surface area (Å²) < 4.78 is 7.24. The number of rotatable bonds is 3. The second-order valence-electron chi connectivity index (χ2n) is 2.75. The molecule has 0 amide bonds. The Morgan fingerprint density at radius 3 is 3.08 bits per heavy atom. The number of hydrogen-bond donors (Lipinski definition) is 0. The maximum atomic E-state index is 11.5. The van der Waals surface area contributed by atoms with Gasteiger partial charge in [0.25, 0.3) is 5.56 Å². The quantitative estimate of drug-likeness (QED) is 0.777. The minimum absolute atomic E-state index is 0.0144. The van der Waals surface area contributed by atoms with E-state index >= 15 is 0 Å². The molecule has 0 saturated heterocycles. The first-order valence-corrected chi connectivity index (χ1v) is 4.95. The van der Waals surface area contributed by atoms with Crippen LogP contribution >= 0.6 is 22.6 Å². The Kier molecular flexibility index (Phi) is 3.86. The van der Waals surface area contributed by atoms with Gasteiger partial charge in [-0.25, -0.2) is 4.98 Å². The lowest BCUT2D eigenvalue weighted by molar-refractivity contribution is 0.102. The van der Waals surface area contributed by atoms with Crippen LogP contribution in [0.3, 0.4) is 0 Å². The number of hydrogen-bond acceptors (Lipinski definition) is 3. The lowest BCUT2D eigenvalue weighted by Crippen LogP contribution is -2.27. The fourth-order valence-electron chi connectivity index (χ4n) is 0.906. The second-order valence-corrected chi connectivity index (χ2v) is 3.91. The third kappa shape index (κ3) is 2.77. The van der Waals surface area contributed by atoms with Crippen LogP contribution in [0.4, 0.5) is 0 Å². The highest BCUT2D eigenvalue weighted by atomic mass is 127. The lowest BCUT2D eigenvalue weighted by Gasteiger charge is -2.10. The summed E-state index contributed by atoms with van der Waals surface area (Å²) in [5.74, 6) is 0. The molecule has 1 atom stereocenters. The van der Waals surface area contributed by atoms with Gasteiger partial charge in [0.05, 0.1) is 22.5 Å². The molecule has 0 saturated carbocycles. The van der Waals surface area contributed by atoms with E-state index in [4.69, 9.17) is 4.74 Å². The van der Waals surface area contributed by atoms with E-state index in [2.05, 4.69) is 4.98 Å². The highest BCUT2D eigenvalue weighted by Crippen LogP contribution is 1.95. The van der Waals surface area contributed by atoms with Gasteiger partial charge >= 0.3 is 0 Å². The van der Waals surface area contributed by atoms with Gasteiger partial charge in [-0.1, -0.05) is 0 Å². The monoisotopic (exact) mass is 294 g/mol. The number of halogens is 1. The van der Waals surface area contributed by atoms with Gasteiger partial charge in [-0.3, -0.25) is 9.36 Å². The van der Waals surface area contributed by atoms with Crippen LogP contribution in [0.1, 0.15) is 6.92 Å². The third-order valence-electron chi connectivity index (χ3n) is 1.72. The molecule has 1 rings (SSSR count). The van der Waals surface area contributed by atoms with Crippen molar-refractivity contribution in [3.63, 3.8) is 0 Å². The Labute approximate surface area is 90.1 Å². The van der Waals surface area contributed by atoms with E-state index in [0.29, 0.717) is 10.1 Å². The smallest absolute Gasteiger partial charge is 0.266 e. The molecule has 0 radical (unpaired) electrons. The topological polar surface area (TPSA) is 44.1 Å². The molecule has 0 spiro atoms. The molecule has 1 heterocycles. The van der Waals surface area contributed by atoms with Crippen LogP contribution in [0, 0.1) is 3.57 Å². The molecule has 1 aromatic rings. The Hall–Kier alpha value is -0.430. The first kappa shape index (κ1) is 10.6. The molecule has 13 heavy (non-hydrogen) atoms. The molecule has 0 aliphatic carbocycles. The van der Waals surface area contributed by atoms with Gasteiger partial charge < -0.3 is 4.74 Å². The molecule has 0 aromatic carbocycles. The van der Waals surface area contributed by atoms with Gasteiger partial charge in [-0.05, 0) is 29.5 Å². The van der Waals surface area contributed by atoms with E-state index in [1.807, 2.05) is 29.5 Å². The average Bonchev–Trinajstić information content (AvgIpc) is 2.13. The van der Waals surface area contributed by atoms with Gasteiger partial charge in [0, 0.05) is 13.3 Å². The molecule has 0 aliphatic heterocycles. The number of ether oxygens (including phenoxy) is 1. The van der Waals surface area contributed by atoms with E-state index in [0.717, 1.165) is 0 Å². The van der Waals surface area contributed by atoms with Crippen molar-refractivity contribution in [3.05, 3.63) is 26.4 Å². The maximum Gasteiger partial charge on any atom is 0.266 e. The SMILES string of the molecule is COC(C)Cn1cncc(I)c1=O. The second kappa shape index (κ2) is 4.71. The van der Waals surface area contributed by atoms with Crippen molar-refractivity contribution >= 4 is 22.6 Å². The summed E-state index contributed by atoms with van der Waals surface area (Å²) in [7, 11) is 1.62. The summed E-state index contributed by atoms with van der Waals surface area (Å²) in [4.78, 5) is 15.4. The van der Waals surface area contributed by atoms with Crippen LogP contribution < -0.4 is 5.56 Å². The largest absolute Gasteiger partial charge is 0.380 e. The third-order valence-corrected chi connectivity index (χ3v) is 2.46. The molecular formula is C8H11IN2O2. The van der Waals surface area contributed by atoms with Crippen molar-refractivity contribution in [1.29, 1.82) is 0 Å². The first-order valence-electron chi connectivity index (χ1n) is 3.88. The van der Waals surface area contributed by atoms with E-state index in [9.17, 15) is 4.79 Å². The van der Waals surface area contributed by atoms with E-state index in [-0.39, 0.29) is 11.7 Å². The molecule has 0 N–H and O–H groups in total. The van der Waals surface area contributed by atoms with Crippen molar-refractivity contribution in [2.75, 3.05) is 7.11 Å². The number of aromatic nitrogens is 2. The van der Waals surface area contributed by atoms with Crippen LogP contribution in [0.5, 0.6) is 0 Å². The zero-order valence-electron chi connectivity index (χ0n) is 7.53. The molecular weight excluding hydrogens is 283 g/mol. The van der Waals surface area contributed by atoms with Crippen molar-refractivity contribution in [3.8, 4) is 0 Å². The van der Waals surface area contributed by atoms with Crippen LogP contribution in [0.25, 0.3) is 0 Å². The highest BCUT2D eigenvalue weighted by Gasteiger charge is 2.04. The normalized spacial score (nSPS) is 12.8. The highest BCUT2D eigenvalue weighted by molar-refractivity contribution is 14.1. The molecule has 5 heteroatoms. The van der Waals surface area contributed by atoms with Gasteiger partial charge in [0.2, 0.25) is 0 Å². The van der Waals surface area contributed by atoms with Gasteiger partial charge in [0.1, 0.15) is 0 Å². The fraction of sp³-hybridized carbons (Fsp3) is 0.500. The summed E-state index contributed by atoms with van der Waals surface area (Å²) in [5.41, 5.74) is -0.0144. The Bertz CT molecular complexity index is 337. The predicted octanol–water partition coefficient (Wildman–Crippen LogP) is 0.883. The Morgan fingerprint density at radius 1 is 1.77 bits per heavy atom. The zero-order valence-corrected chi connectivity index (χ0v) is 9.69. The van der Waals surface area contributed by atoms with Gasteiger partial charge in [-0.2, -0.15) is 0 Å². The predicted molar refractivity (Wildman–Crippen MR) is 57.7 cm³/mol. The molecule has 0 aliphatic rings. The van der Waals surface area contributed by atoms with Gasteiger partial charge in [0.15, 0.2) is 0 Å². The standard InChI is InChI=1S/C8H11IN2O2/c1-6(13-2)4-11-5-10-3-7(9)8(11)12/h3,5-6H,4H2,1-2H3.